The van der Waals surface area contributed by atoms with Gasteiger partial charge in [0.05, 0.1) is 6.54 Å². The van der Waals surface area contributed by atoms with Crippen molar-refractivity contribution in [3.8, 4) is 0 Å². The van der Waals surface area contributed by atoms with Crippen LogP contribution in [0.25, 0.3) is 0 Å². The maximum absolute atomic E-state index is 13.2. The monoisotopic (exact) mass is 279 g/mol. The summed E-state index contributed by atoms with van der Waals surface area (Å²) in [7, 11) is 0. The molecule has 1 aliphatic heterocycles. The van der Waals surface area contributed by atoms with Crippen LogP contribution < -0.4 is 11.1 Å². The Morgan fingerprint density at radius 3 is 2.80 bits per heavy atom. The number of rotatable bonds is 5. The standard InChI is InChI=1S/C15H22FN3O/c1-11(12-3-2-4-13(16)9-12)18-14-5-7-19(8-6-14)10-15(17)20/h2-4,9,11,14,18H,5-8,10H2,1H3,(H2,17,20). The summed E-state index contributed by atoms with van der Waals surface area (Å²) in [6.45, 7) is 4.13. The number of primary amides is 1. The third-order valence-electron chi connectivity index (χ3n) is 3.80. The topological polar surface area (TPSA) is 58.4 Å². The van der Waals surface area contributed by atoms with E-state index in [4.69, 9.17) is 5.73 Å². The van der Waals surface area contributed by atoms with Gasteiger partial charge in [-0.2, -0.15) is 0 Å². The Kier molecular flexibility index (Phi) is 5.09. The fourth-order valence-corrected chi connectivity index (χ4v) is 2.70. The quantitative estimate of drug-likeness (QED) is 0.857. The Balaban J connectivity index is 1.82. The van der Waals surface area contributed by atoms with Crippen LogP contribution in [-0.4, -0.2) is 36.5 Å². The number of hydrogen-bond donors (Lipinski definition) is 2. The molecule has 0 radical (unpaired) electrons. The minimum absolute atomic E-state index is 0.124. The summed E-state index contributed by atoms with van der Waals surface area (Å²) in [4.78, 5) is 12.9. The molecule has 1 saturated heterocycles. The molecule has 1 atom stereocenters. The van der Waals surface area contributed by atoms with E-state index in [0.717, 1.165) is 31.5 Å². The van der Waals surface area contributed by atoms with Crippen LogP contribution in [0.15, 0.2) is 24.3 Å². The maximum Gasteiger partial charge on any atom is 0.231 e. The molecule has 1 heterocycles. The molecule has 0 aromatic heterocycles. The third-order valence-corrected chi connectivity index (χ3v) is 3.80. The van der Waals surface area contributed by atoms with E-state index in [1.54, 1.807) is 12.1 Å². The molecule has 1 aliphatic rings. The summed E-state index contributed by atoms with van der Waals surface area (Å²) in [5, 5.41) is 3.53. The number of nitrogens with one attached hydrogen (secondary N) is 1. The number of benzene rings is 1. The van der Waals surface area contributed by atoms with Crippen LogP contribution in [-0.2, 0) is 4.79 Å². The zero-order valence-corrected chi connectivity index (χ0v) is 11.8. The molecule has 0 saturated carbocycles. The number of nitrogens with two attached hydrogens (primary N) is 1. The number of likely N-dealkylation sites (tertiary alicyclic amines) is 1. The molecule has 1 amide bonds. The van der Waals surface area contributed by atoms with Gasteiger partial charge in [0.2, 0.25) is 5.91 Å². The summed E-state index contributed by atoms with van der Waals surface area (Å²) in [6.07, 6.45) is 1.96. The van der Waals surface area contributed by atoms with Crippen LogP contribution in [0.3, 0.4) is 0 Å². The van der Waals surface area contributed by atoms with E-state index in [2.05, 4.69) is 10.2 Å². The van der Waals surface area contributed by atoms with Crippen molar-refractivity contribution in [2.75, 3.05) is 19.6 Å². The van der Waals surface area contributed by atoms with Crippen molar-refractivity contribution < 1.29 is 9.18 Å². The number of carbonyl (C=O) groups excluding carboxylic acids is 1. The Morgan fingerprint density at radius 1 is 1.50 bits per heavy atom. The Morgan fingerprint density at radius 2 is 2.20 bits per heavy atom. The molecule has 0 spiro atoms. The SMILES string of the molecule is CC(NC1CCN(CC(N)=O)CC1)c1cccc(F)c1. The van der Waals surface area contributed by atoms with Gasteiger partial charge in [0.25, 0.3) is 0 Å². The molecular weight excluding hydrogens is 257 g/mol. The molecule has 1 unspecified atom stereocenters. The molecule has 5 heteroatoms. The largest absolute Gasteiger partial charge is 0.369 e. The average molecular weight is 279 g/mol. The summed E-state index contributed by atoms with van der Waals surface area (Å²) in [6, 6.07) is 7.22. The highest BCUT2D eigenvalue weighted by Gasteiger charge is 2.21. The molecule has 1 aromatic rings. The number of nitrogens with zero attached hydrogens (tertiary/aromatic N) is 1. The lowest BCUT2D eigenvalue weighted by atomic mass is 10.0. The Bertz CT molecular complexity index is 458. The minimum atomic E-state index is -0.274. The first-order chi connectivity index (χ1) is 9.54. The van der Waals surface area contributed by atoms with Crippen molar-refractivity contribution in [1.29, 1.82) is 0 Å². The van der Waals surface area contributed by atoms with Gasteiger partial charge in [-0.15, -0.1) is 0 Å². The first-order valence-corrected chi connectivity index (χ1v) is 7.07. The normalized spacial score (nSPS) is 18.9. The summed E-state index contributed by atoms with van der Waals surface area (Å²) in [5.74, 6) is -0.475. The highest BCUT2D eigenvalue weighted by molar-refractivity contribution is 5.75. The predicted octanol–water partition coefficient (Wildman–Crippen LogP) is 1.43. The maximum atomic E-state index is 13.2. The number of halogens is 1. The Hall–Kier alpha value is -1.46. The summed E-state index contributed by atoms with van der Waals surface area (Å²) >= 11 is 0. The first kappa shape index (κ1) is 14.9. The van der Waals surface area contributed by atoms with Crippen LogP contribution in [0.4, 0.5) is 4.39 Å². The smallest absolute Gasteiger partial charge is 0.231 e. The predicted molar refractivity (Wildman–Crippen MR) is 76.6 cm³/mol. The molecule has 20 heavy (non-hydrogen) atoms. The molecule has 3 N–H and O–H groups in total. The Labute approximate surface area is 119 Å². The highest BCUT2D eigenvalue weighted by Crippen LogP contribution is 2.18. The van der Waals surface area contributed by atoms with E-state index in [9.17, 15) is 9.18 Å². The lowest BCUT2D eigenvalue weighted by Gasteiger charge is -2.33. The van der Waals surface area contributed by atoms with Crippen LogP contribution in [0, 0.1) is 5.82 Å². The average Bonchev–Trinajstić information content (AvgIpc) is 2.40. The fraction of sp³-hybridized carbons (Fsp3) is 0.533. The van der Waals surface area contributed by atoms with Crippen molar-refractivity contribution in [2.24, 2.45) is 5.73 Å². The third kappa shape index (κ3) is 4.28. The molecule has 0 bridgehead atoms. The number of carbonyl (C=O) groups is 1. The lowest BCUT2D eigenvalue weighted by molar-refractivity contribution is -0.119. The lowest BCUT2D eigenvalue weighted by Crippen LogP contribution is -2.45. The van der Waals surface area contributed by atoms with Crippen molar-refractivity contribution in [2.45, 2.75) is 31.8 Å². The van der Waals surface area contributed by atoms with Gasteiger partial charge in [-0.25, -0.2) is 4.39 Å². The first-order valence-electron chi connectivity index (χ1n) is 7.07. The van der Waals surface area contributed by atoms with E-state index in [0.29, 0.717) is 12.6 Å². The second-order valence-corrected chi connectivity index (χ2v) is 5.46. The minimum Gasteiger partial charge on any atom is -0.369 e. The molecule has 1 aromatic carbocycles. The zero-order valence-electron chi connectivity index (χ0n) is 11.8. The fourth-order valence-electron chi connectivity index (χ4n) is 2.70. The van der Waals surface area contributed by atoms with Crippen LogP contribution in [0.5, 0.6) is 0 Å². The van der Waals surface area contributed by atoms with Gasteiger partial charge in [0, 0.05) is 25.2 Å². The van der Waals surface area contributed by atoms with E-state index >= 15 is 0 Å². The van der Waals surface area contributed by atoms with E-state index in [-0.39, 0.29) is 17.8 Å². The molecular formula is C15H22FN3O. The van der Waals surface area contributed by atoms with Crippen molar-refractivity contribution in [1.82, 2.24) is 10.2 Å². The second-order valence-electron chi connectivity index (χ2n) is 5.46. The van der Waals surface area contributed by atoms with Gasteiger partial charge >= 0.3 is 0 Å². The number of piperidine rings is 1. The zero-order chi connectivity index (χ0) is 14.5. The number of hydrogen-bond acceptors (Lipinski definition) is 3. The summed E-state index contributed by atoms with van der Waals surface area (Å²) in [5.41, 5.74) is 6.16. The van der Waals surface area contributed by atoms with Crippen molar-refractivity contribution >= 4 is 5.91 Å². The van der Waals surface area contributed by atoms with E-state index < -0.39 is 0 Å². The van der Waals surface area contributed by atoms with Crippen LogP contribution in [0.1, 0.15) is 31.4 Å². The van der Waals surface area contributed by atoms with Crippen LogP contribution in [0.2, 0.25) is 0 Å². The van der Waals surface area contributed by atoms with Gasteiger partial charge in [0.1, 0.15) is 5.82 Å². The van der Waals surface area contributed by atoms with Crippen LogP contribution >= 0.6 is 0 Å². The van der Waals surface area contributed by atoms with Gasteiger partial charge in [-0.3, -0.25) is 9.69 Å². The molecule has 1 fully saturated rings. The molecule has 0 aliphatic carbocycles. The van der Waals surface area contributed by atoms with Crippen molar-refractivity contribution in [3.05, 3.63) is 35.6 Å². The number of amides is 1. The molecule has 4 nitrogen and oxygen atoms in total. The molecule has 2 rings (SSSR count). The molecule has 110 valence electrons. The van der Waals surface area contributed by atoms with E-state index in [1.165, 1.54) is 6.07 Å². The van der Waals surface area contributed by atoms with Gasteiger partial charge in [-0.05, 0) is 37.5 Å². The highest BCUT2D eigenvalue weighted by atomic mass is 19.1. The van der Waals surface area contributed by atoms with Gasteiger partial charge in [0.15, 0.2) is 0 Å². The van der Waals surface area contributed by atoms with Gasteiger partial charge in [-0.1, -0.05) is 12.1 Å². The summed E-state index contributed by atoms with van der Waals surface area (Å²) < 4.78 is 13.2. The van der Waals surface area contributed by atoms with Gasteiger partial charge < -0.3 is 11.1 Å². The van der Waals surface area contributed by atoms with Crippen molar-refractivity contribution in [3.63, 3.8) is 0 Å². The second kappa shape index (κ2) is 6.81. The van der Waals surface area contributed by atoms with E-state index in [1.807, 2.05) is 13.0 Å².